The molecule has 0 radical (unpaired) electrons. The molecule has 29 heavy (non-hydrogen) atoms. The molecule has 1 aliphatic heterocycles. The fourth-order valence-electron chi connectivity index (χ4n) is 4.76. The first-order valence-corrected chi connectivity index (χ1v) is 10.3. The van der Waals surface area contributed by atoms with Gasteiger partial charge in [-0.1, -0.05) is 25.0 Å². The Morgan fingerprint density at radius 2 is 1.86 bits per heavy atom. The van der Waals surface area contributed by atoms with Crippen molar-refractivity contribution in [2.75, 3.05) is 19.0 Å². The van der Waals surface area contributed by atoms with Crippen LogP contribution in [0.3, 0.4) is 0 Å². The summed E-state index contributed by atoms with van der Waals surface area (Å²) in [5, 5.41) is 7.08. The van der Waals surface area contributed by atoms with E-state index >= 15 is 0 Å². The van der Waals surface area contributed by atoms with Crippen molar-refractivity contribution in [3.63, 3.8) is 0 Å². The second kappa shape index (κ2) is 7.89. The second-order valence-electron chi connectivity index (χ2n) is 8.04. The summed E-state index contributed by atoms with van der Waals surface area (Å²) < 4.78 is 6.92. The first kappa shape index (κ1) is 19.5. The Morgan fingerprint density at radius 1 is 1.14 bits per heavy atom. The average Bonchev–Trinajstić information content (AvgIpc) is 3.49. The number of hydrogen-bond acceptors (Lipinski definition) is 4. The van der Waals surface area contributed by atoms with E-state index in [4.69, 9.17) is 4.74 Å². The number of rotatable bonds is 5. The number of anilines is 1. The standard InChI is InChI=1S/C22H28N4O3/c1-25-15-11-19(24-25)23-20(27)18-6-5-14-26(18)21(28)22(12-3-4-13-22)16-7-9-17(29-2)10-8-16/h7-11,15,18H,3-6,12-14H2,1-2H3,(H,23,24,27)/t18-/m1/s1. The molecule has 1 aliphatic carbocycles. The van der Waals surface area contributed by atoms with E-state index in [1.165, 1.54) is 0 Å². The summed E-state index contributed by atoms with van der Waals surface area (Å²) in [4.78, 5) is 28.5. The molecule has 0 unspecified atom stereocenters. The van der Waals surface area contributed by atoms with Gasteiger partial charge in [-0.05, 0) is 43.4 Å². The number of aryl methyl sites for hydroxylation is 1. The Labute approximate surface area is 171 Å². The highest BCUT2D eigenvalue weighted by Crippen LogP contribution is 2.44. The summed E-state index contributed by atoms with van der Waals surface area (Å²) in [7, 11) is 3.44. The van der Waals surface area contributed by atoms with E-state index in [1.54, 1.807) is 36.0 Å². The van der Waals surface area contributed by atoms with Gasteiger partial charge >= 0.3 is 0 Å². The molecule has 2 aromatic rings. The van der Waals surface area contributed by atoms with E-state index in [0.29, 0.717) is 18.8 Å². The van der Waals surface area contributed by atoms with Crippen molar-refractivity contribution in [2.45, 2.75) is 50.0 Å². The normalized spacial score (nSPS) is 20.6. The minimum atomic E-state index is -0.542. The molecule has 1 aromatic carbocycles. The number of aromatic nitrogens is 2. The van der Waals surface area contributed by atoms with Gasteiger partial charge in [-0.25, -0.2) is 0 Å². The summed E-state index contributed by atoms with van der Waals surface area (Å²) in [6.45, 7) is 0.622. The van der Waals surface area contributed by atoms with E-state index in [-0.39, 0.29) is 11.8 Å². The van der Waals surface area contributed by atoms with Crippen LogP contribution in [0.5, 0.6) is 5.75 Å². The first-order chi connectivity index (χ1) is 14.0. The van der Waals surface area contributed by atoms with E-state index in [1.807, 2.05) is 24.3 Å². The molecule has 0 bridgehead atoms. The van der Waals surface area contributed by atoms with Gasteiger partial charge in [0, 0.05) is 25.9 Å². The third-order valence-electron chi connectivity index (χ3n) is 6.29. The van der Waals surface area contributed by atoms with Gasteiger partial charge in [-0.15, -0.1) is 0 Å². The molecule has 7 nitrogen and oxygen atoms in total. The van der Waals surface area contributed by atoms with Gasteiger partial charge in [0.15, 0.2) is 5.82 Å². The molecule has 2 heterocycles. The molecule has 1 saturated heterocycles. The zero-order valence-corrected chi connectivity index (χ0v) is 17.1. The molecule has 7 heteroatoms. The Morgan fingerprint density at radius 3 is 2.48 bits per heavy atom. The van der Waals surface area contributed by atoms with Crippen LogP contribution in [0.2, 0.25) is 0 Å². The zero-order chi connectivity index (χ0) is 20.4. The van der Waals surface area contributed by atoms with Crippen molar-refractivity contribution >= 4 is 17.6 Å². The van der Waals surface area contributed by atoms with Crippen molar-refractivity contribution in [2.24, 2.45) is 7.05 Å². The lowest BCUT2D eigenvalue weighted by Gasteiger charge is -2.35. The predicted molar refractivity (Wildman–Crippen MR) is 110 cm³/mol. The fourth-order valence-corrected chi connectivity index (χ4v) is 4.76. The predicted octanol–water partition coefficient (Wildman–Crippen LogP) is 2.87. The lowest BCUT2D eigenvalue weighted by atomic mass is 9.77. The molecule has 1 saturated carbocycles. The quantitative estimate of drug-likeness (QED) is 0.843. The van der Waals surface area contributed by atoms with Gasteiger partial charge in [0.1, 0.15) is 11.8 Å². The molecule has 0 spiro atoms. The molecule has 2 amide bonds. The van der Waals surface area contributed by atoms with Crippen molar-refractivity contribution < 1.29 is 14.3 Å². The Balaban J connectivity index is 1.57. The molecular formula is C22H28N4O3. The van der Waals surface area contributed by atoms with Crippen molar-refractivity contribution in [1.29, 1.82) is 0 Å². The maximum Gasteiger partial charge on any atom is 0.248 e. The van der Waals surface area contributed by atoms with Crippen molar-refractivity contribution in [3.05, 3.63) is 42.1 Å². The number of amides is 2. The minimum Gasteiger partial charge on any atom is -0.497 e. The SMILES string of the molecule is COc1ccc(C2(C(=O)N3CCC[C@@H]3C(=O)Nc3ccn(C)n3)CCCC2)cc1. The third-order valence-corrected chi connectivity index (χ3v) is 6.29. The van der Waals surface area contributed by atoms with Gasteiger partial charge in [-0.3, -0.25) is 14.3 Å². The fraction of sp³-hybridized carbons (Fsp3) is 0.500. The Bertz CT molecular complexity index is 884. The van der Waals surface area contributed by atoms with Crippen LogP contribution in [0.4, 0.5) is 5.82 Å². The van der Waals surface area contributed by atoms with E-state index in [0.717, 1.165) is 43.4 Å². The topological polar surface area (TPSA) is 76.5 Å². The summed E-state index contributed by atoms with van der Waals surface area (Å²) in [6, 6.07) is 9.15. The van der Waals surface area contributed by atoms with Crippen LogP contribution < -0.4 is 10.1 Å². The number of nitrogens with one attached hydrogen (secondary N) is 1. The lowest BCUT2D eigenvalue weighted by Crippen LogP contribution is -2.51. The maximum atomic E-state index is 13.8. The molecule has 1 N–H and O–H groups in total. The smallest absolute Gasteiger partial charge is 0.248 e. The first-order valence-electron chi connectivity index (χ1n) is 10.3. The van der Waals surface area contributed by atoms with Crippen LogP contribution in [0.15, 0.2) is 36.5 Å². The van der Waals surface area contributed by atoms with Crippen LogP contribution in [-0.4, -0.2) is 46.2 Å². The van der Waals surface area contributed by atoms with Gasteiger partial charge in [0.25, 0.3) is 0 Å². The summed E-state index contributed by atoms with van der Waals surface area (Å²) in [5.74, 6) is 1.22. The highest BCUT2D eigenvalue weighted by molar-refractivity contribution is 5.99. The van der Waals surface area contributed by atoms with E-state index in [2.05, 4.69) is 10.4 Å². The monoisotopic (exact) mass is 396 g/mol. The average molecular weight is 396 g/mol. The van der Waals surface area contributed by atoms with Crippen molar-refractivity contribution in [3.8, 4) is 5.75 Å². The molecule has 4 rings (SSSR count). The van der Waals surface area contributed by atoms with Gasteiger partial charge in [0.05, 0.1) is 12.5 Å². The highest BCUT2D eigenvalue weighted by atomic mass is 16.5. The third kappa shape index (κ3) is 3.61. The van der Waals surface area contributed by atoms with Gasteiger partial charge in [-0.2, -0.15) is 5.10 Å². The zero-order valence-electron chi connectivity index (χ0n) is 17.1. The highest BCUT2D eigenvalue weighted by Gasteiger charge is 2.48. The molecule has 1 atom stereocenters. The number of hydrogen-bond donors (Lipinski definition) is 1. The maximum absolute atomic E-state index is 13.8. The number of benzene rings is 1. The number of nitrogens with zero attached hydrogens (tertiary/aromatic N) is 3. The lowest BCUT2D eigenvalue weighted by molar-refractivity contribution is -0.141. The van der Waals surface area contributed by atoms with E-state index in [9.17, 15) is 9.59 Å². The molecule has 2 aliphatic rings. The van der Waals surface area contributed by atoms with Crippen molar-refractivity contribution in [1.82, 2.24) is 14.7 Å². The summed E-state index contributed by atoms with van der Waals surface area (Å²) in [5.41, 5.74) is 0.483. The minimum absolute atomic E-state index is 0.0823. The number of likely N-dealkylation sites (tertiary alicyclic amines) is 1. The second-order valence-corrected chi connectivity index (χ2v) is 8.04. The Kier molecular flexibility index (Phi) is 5.30. The molecule has 2 fully saturated rings. The molecular weight excluding hydrogens is 368 g/mol. The number of ether oxygens (including phenoxy) is 1. The molecule has 154 valence electrons. The number of methoxy groups -OCH3 is 1. The summed E-state index contributed by atoms with van der Waals surface area (Å²) in [6.07, 6.45) is 7.00. The van der Waals surface area contributed by atoms with Gasteiger partial charge in [0.2, 0.25) is 11.8 Å². The van der Waals surface area contributed by atoms with Crippen LogP contribution in [0.1, 0.15) is 44.1 Å². The largest absolute Gasteiger partial charge is 0.497 e. The summed E-state index contributed by atoms with van der Waals surface area (Å²) >= 11 is 0. The van der Waals surface area contributed by atoms with Crippen LogP contribution in [0.25, 0.3) is 0 Å². The molecule has 1 aromatic heterocycles. The number of carbonyl (C=O) groups excluding carboxylic acids is 2. The number of carbonyl (C=O) groups is 2. The van der Waals surface area contributed by atoms with Crippen LogP contribution >= 0.6 is 0 Å². The van der Waals surface area contributed by atoms with Crippen LogP contribution in [-0.2, 0) is 22.1 Å². The van der Waals surface area contributed by atoms with E-state index < -0.39 is 11.5 Å². The van der Waals surface area contributed by atoms with Gasteiger partial charge < -0.3 is 15.0 Å². The Hall–Kier alpha value is -2.83. The van der Waals surface area contributed by atoms with Crippen LogP contribution in [0, 0.1) is 0 Å².